The van der Waals surface area contributed by atoms with Gasteiger partial charge in [0.25, 0.3) is 0 Å². The van der Waals surface area contributed by atoms with Crippen molar-refractivity contribution in [1.29, 1.82) is 0 Å². The van der Waals surface area contributed by atoms with Crippen LogP contribution in [0.15, 0.2) is 31.8 Å². The lowest BCUT2D eigenvalue weighted by molar-refractivity contribution is 0.454. The van der Waals surface area contributed by atoms with Crippen LogP contribution in [0.3, 0.4) is 0 Å². The van der Waals surface area contributed by atoms with Gasteiger partial charge in [-0.25, -0.2) is 0 Å². The fraction of sp³-hybridized carbons (Fsp3) is 0.273. The van der Waals surface area contributed by atoms with Crippen LogP contribution in [-0.4, -0.2) is 0 Å². The Morgan fingerprint density at radius 3 is 2.87 bits per heavy atom. The molecule has 0 amide bonds. The summed E-state index contributed by atoms with van der Waals surface area (Å²) in [4.78, 5) is 0. The van der Waals surface area contributed by atoms with Crippen molar-refractivity contribution in [2.45, 2.75) is 19.4 Å². The van der Waals surface area contributed by atoms with E-state index in [1.54, 1.807) is 11.3 Å². The van der Waals surface area contributed by atoms with Crippen molar-refractivity contribution in [3.05, 3.63) is 44.4 Å². The van der Waals surface area contributed by atoms with Gasteiger partial charge in [-0.15, -0.1) is 11.3 Å². The predicted octanol–water partition coefficient (Wildman–Crippen LogP) is 3.71. The molecule has 0 bridgehead atoms. The lowest BCUT2D eigenvalue weighted by Gasteiger charge is -2.05. The molecule has 0 aliphatic carbocycles. The molecule has 0 aromatic carbocycles. The van der Waals surface area contributed by atoms with Crippen LogP contribution in [0, 0.1) is 0 Å². The number of thiophene rings is 1. The van der Waals surface area contributed by atoms with Crippen LogP contribution < -0.4 is 5.73 Å². The Balaban J connectivity index is 2.23. The molecule has 2 aromatic rings. The van der Waals surface area contributed by atoms with E-state index in [1.807, 2.05) is 23.6 Å². The highest BCUT2D eigenvalue weighted by atomic mass is 79.9. The van der Waals surface area contributed by atoms with E-state index in [1.165, 1.54) is 0 Å². The van der Waals surface area contributed by atoms with Crippen LogP contribution >= 0.6 is 27.3 Å². The average Bonchev–Trinajstić information content (AvgIpc) is 2.84. The fourth-order valence-corrected chi connectivity index (χ4v) is 2.61. The van der Waals surface area contributed by atoms with Gasteiger partial charge in [-0.1, -0.05) is 6.92 Å². The summed E-state index contributed by atoms with van der Waals surface area (Å²) in [7, 11) is 0. The number of aryl methyl sites for hydroxylation is 1. The molecule has 1 unspecified atom stereocenters. The molecule has 0 fully saturated rings. The van der Waals surface area contributed by atoms with Gasteiger partial charge in [0.2, 0.25) is 0 Å². The minimum Gasteiger partial charge on any atom is -0.464 e. The summed E-state index contributed by atoms with van der Waals surface area (Å²) in [5, 5.41) is 2.04. The van der Waals surface area contributed by atoms with Crippen molar-refractivity contribution in [1.82, 2.24) is 0 Å². The average molecular weight is 286 g/mol. The topological polar surface area (TPSA) is 39.2 Å². The van der Waals surface area contributed by atoms with Crippen molar-refractivity contribution in [3.63, 3.8) is 0 Å². The van der Waals surface area contributed by atoms with Gasteiger partial charge >= 0.3 is 0 Å². The van der Waals surface area contributed by atoms with E-state index in [-0.39, 0.29) is 6.04 Å². The standard InChI is InChI=1S/C11H12BrNOS/c1-2-8-3-4-9(14-8)11(13)7-5-10(12)15-6-7/h3-6,11H,2,13H2,1H3. The molecule has 2 rings (SSSR count). The zero-order chi connectivity index (χ0) is 10.8. The normalized spacial score (nSPS) is 13.0. The molecule has 0 aliphatic heterocycles. The Kier molecular flexibility index (Phi) is 3.29. The Hall–Kier alpha value is -0.580. The largest absolute Gasteiger partial charge is 0.464 e. The van der Waals surface area contributed by atoms with Gasteiger partial charge in [0, 0.05) is 6.42 Å². The number of hydrogen-bond donors (Lipinski definition) is 1. The second-order valence-electron chi connectivity index (χ2n) is 3.32. The van der Waals surface area contributed by atoms with Crippen LogP contribution in [0.5, 0.6) is 0 Å². The Bertz CT molecular complexity index is 449. The molecular weight excluding hydrogens is 274 g/mol. The summed E-state index contributed by atoms with van der Waals surface area (Å²) in [5.74, 6) is 1.81. The Morgan fingerprint density at radius 2 is 2.33 bits per heavy atom. The van der Waals surface area contributed by atoms with Gasteiger partial charge in [-0.05, 0) is 45.1 Å². The van der Waals surface area contributed by atoms with Crippen molar-refractivity contribution in [2.24, 2.45) is 5.73 Å². The third kappa shape index (κ3) is 2.33. The van der Waals surface area contributed by atoms with Crippen molar-refractivity contribution < 1.29 is 4.42 Å². The second-order valence-corrected chi connectivity index (χ2v) is 5.61. The summed E-state index contributed by atoms with van der Waals surface area (Å²) in [5.41, 5.74) is 7.18. The third-order valence-electron chi connectivity index (χ3n) is 2.28. The van der Waals surface area contributed by atoms with Gasteiger partial charge in [0.05, 0.1) is 9.83 Å². The molecule has 2 N–H and O–H groups in total. The highest BCUT2D eigenvalue weighted by Crippen LogP contribution is 2.28. The van der Waals surface area contributed by atoms with Gasteiger partial charge < -0.3 is 10.2 Å². The highest BCUT2D eigenvalue weighted by molar-refractivity contribution is 9.11. The number of furan rings is 1. The van der Waals surface area contributed by atoms with Crippen LogP contribution in [0.25, 0.3) is 0 Å². The molecule has 0 saturated carbocycles. The lowest BCUT2D eigenvalue weighted by atomic mass is 10.1. The maximum atomic E-state index is 6.09. The number of rotatable bonds is 3. The summed E-state index contributed by atoms with van der Waals surface area (Å²) in [6.07, 6.45) is 0.903. The van der Waals surface area contributed by atoms with Crippen molar-refractivity contribution in [3.8, 4) is 0 Å². The van der Waals surface area contributed by atoms with E-state index in [0.717, 1.165) is 27.3 Å². The van der Waals surface area contributed by atoms with Gasteiger partial charge in [0.15, 0.2) is 0 Å². The SMILES string of the molecule is CCc1ccc(C(N)c2csc(Br)c2)o1. The molecule has 1 atom stereocenters. The fourth-order valence-electron chi connectivity index (χ4n) is 1.40. The quantitative estimate of drug-likeness (QED) is 0.934. The predicted molar refractivity (Wildman–Crippen MR) is 66.1 cm³/mol. The summed E-state index contributed by atoms with van der Waals surface area (Å²) >= 11 is 5.06. The van der Waals surface area contributed by atoms with Crippen LogP contribution in [-0.2, 0) is 6.42 Å². The summed E-state index contributed by atoms with van der Waals surface area (Å²) in [6.45, 7) is 2.06. The van der Waals surface area contributed by atoms with Crippen molar-refractivity contribution in [2.75, 3.05) is 0 Å². The minimum absolute atomic E-state index is 0.159. The van der Waals surface area contributed by atoms with Gasteiger partial charge in [-0.3, -0.25) is 0 Å². The van der Waals surface area contributed by atoms with E-state index < -0.39 is 0 Å². The minimum atomic E-state index is -0.159. The van der Waals surface area contributed by atoms with E-state index in [4.69, 9.17) is 10.2 Å². The summed E-state index contributed by atoms with van der Waals surface area (Å²) < 4.78 is 6.72. The van der Waals surface area contributed by atoms with Crippen LogP contribution in [0.2, 0.25) is 0 Å². The molecule has 4 heteroatoms. The zero-order valence-corrected chi connectivity index (χ0v) is 10.8. The third-order valence-corrected chi connectivity index (χ3v) is 3.81. The maximum Gasteiger partial charge on any atom is 0.125 e. The molecule has 0 spiro atoms. The molecular formula is C11H12BrNOS. The first kappa shape index (κ1) is 10.9. The first-order chi connectivity index (χ1) is 7.20. The van der Waals surface area contributed by atoms with Gasteiger partial charge in [-0.2, -0.15) is 0 Å². The van der Waals surface area contributed by atoms with Crippen LogP contribution in [0.4, 0.5) is 0 Å². The molecule has 0 saturated heterocycles. The smallest absolute Gasteiger partial charge is 0.125 e. The lowest BCUT2D eigenvalue weighted by Crippen LogP contribution is -2.09. The molecule has 0 aliphatic rings. The monoisotopic (exact) mass is 285 g/mol. The van der Waals surface area contributed by atoms with Crippen molar-refractivity contribution >= 4 is 27.3 Å². The molecule has 15 heavy (non-hydrogen) atoms. The van der Waals surface area contributed by atoms with Crippen LogP contribution in [0.1, 0.15) is 30.0 Å². The summed E-state index contributed by atoms with van der Waals surface area (Å²) in [6, 6.07) is 5.81. The molecule has 2 heterocycles. The maximum absolute atomic E-state index is 6.09. The zero-order valence-electron chi connectivity index (χ0n) is 8.37. The van der Waals surface area contributed by atoms with E-state index in [9.17, 15) is 0 Å². The second kappa shape index (κ2) is 4.51. The molecule has 0 radical (unpaired) electrons. The molecule has 80 valence electrons. The van der Waals surface area contributed by atoms with E-state index in [0.29, 0.717) is 0 Å². The highest BCUT2D eigenvalue weighted by Gasteiger charge is 2.14. The van der Waals surface area contributed by atoms with E-state index in [2.05, 4.69) is 22.9 Å². The number of nitrogens with two attached hydrogens (primary N) is 1. The molecule has 2 nitrogen and oxygen atoms in total. The number of halogens is 1. The number of hydrogen-bond acceptors (Lipinski definition) is 3. The Labute approximate surface area is 101 Å². The first-order valence-electron chi connectivity index (χ1n) is 4.79. The van der Waals surface area contributed by atoms with Gasteiger partial charge in [0.1, 0.15) is 11.5 Å². The first-order valence-corrected chi connectivity index (χ1v) is 6.46. The van der Waals surface area contributed by atoms with E-state index >= 15 is 0 Å². The molecule has 2 aromatic heterocycles. The Morgan fingerprint density at radius 1 is 1.53 bits per heavy atom.